The molecular weight excluding hydrogens is 506 g/mol. The number of nitrogens with one attached hydrogen (secondary N) is 3. The molecule has 3 amide bonds. The fraction of sp³-hybridized carbons (Fsp3) is 0.519. The van der Waals surface area contributed by atoms with Gasteiger partial charge in [-0.15, -0.1) is 0 Å². The zero-order valence-electron chi connectivity index (χ0n) is 22.2. The lowest BCUT2D eigenvalue weighted by molar-refractivity contribution is -0.134. The van der Waals surface area contributed by atoms with Crippen LogP contribution in [0, 0.1) is 12.3 Å². The number of amides is 3. The Labute approximate surface area is 226 Å². The van der Waals surface area contributed by atoms with Crippen LogP contribution in [0.4, 0.5) is 4.79 Å². The highest BCUT2D eigenvalue weighted by molar-refractivity contribution is 6.35. The van der Waals surface area contributed by atoms with Crippen molar-refractivity contribution in [2.45, 2.75) is 65.5 Å². The normalized spacial score (nSPS) is 19.0. The fourth-order valence-electron chi connectivity index (χ4n) is 5.63. The van der Waals surface area contributed by atoms with Gasteiger partial charge >= 0.3 is 6.03 Å². The van der Waals surface area contributed by atoms with Crippen LogP contribution in [-0.2, 0) is 17.8 Å². The van der Waals surface area contributed by atoms with E-state index < -0.39 is 6.04 Å². The summed E-state index contributed by atoms with van der Waals surface area (Å²) in [5.41, 5.74) is 3.87. The van der Waals surface area contributed by atoms with Crippen LogP contribution in [0.2, 0.25) is 5.02 Å². The van der Waals surface area contributed by atoms with Crippen molar-refractivity contribution in [2.24, 2.45) is 5.41 Å². The lowest BCUT2D eigenvalue weighted by atomic mass is 9.90. The van der Waals surface area contributed by atoms with Gasteiger partial charge in [0.05, 0.1) is 22.4 Å². The molecule has 1 saturated heterocycles. The molecule has 2 aliphatic rings. The van der Waals surface area contributed by atoms with Gasteiger partial charge in [-0.2, -0.15) is 10.2 Å². The summed E-state index contributed by atoms with van der Waals surface area (Å²) < 4.78 is 0. The number of H-pyrrole nitrogens is 2. The highest BCUT2D eigenvalue weighted by atomic mass is 35.5. The predicted octanol–water partition coefficient (Wildman–Crippen LogP) is 3.50. The minimum atomic E-state index is -0.713. The fourth-order valence-corrected chi connectivity index (χ4v) is 5.91. The lowest BCUT2D eigenvalue weighted by Crippen LogP contribution is -2.54. The molecule has 1 aromatic carbocycles. The number of aromatic nitrogens is 4. The van der Waals surface area contributed by atoms with Gasteiger partial charge in [-0.3, -0.25) is 14.7 Å². The van der Waals surface area contributed by atoms with Gasteiger partial charge in [0.1, 0.15) is 6.04 Å². The summed E-state index contributed by atoms with van der Waals surface area (Å²) >= 11 is 6.53. The van der Waals surface area contributed by atoms with E-state index in [9.17, 15) is 14.4 Å². The quantitative estimate of drug-likeness (QED) is 0.469. The number of piperidine rings is 1. The molecule has 10 nitrogen and oxygen atoms in total. The molecule has 5 rings (SSSR count). The van der Waals surface area contributed by atoms with Gasteiger partial charge < -0.3 is 15.1 Å². The Morgan fingerprint density at radius 3 is 2.63 bits per heavy atom. The number of likely N-dealkylation sites (tertiary alicyclic amines) is 1. The molecule has 0 spiro atoms. The average molecular weight is 540 g/mol. The van der Waals surface area contributed by atoms with Crippen molar-refractivity contribution < 1.29 is 9.59 Å². The number of nitrogens with zero attached hydrogens (tertiary/aromatic N) is 4. The largest absolute Gasteiger partial charge is 0.336 e. The topological polar surface area (TPSA) is 127 Å². The minimum absolute atomic E-state index is 0.0673. The molecule has 3 aromatic rings. The lowest BCUT2D eigenvalue weighted by Gasteiger charge is -2.34. The molecule has 0 saturated carbocycles. The van der Waals surface area contributed by atoms with Crippen LogP contribution in [0.5, 0.6) is 0 Å². The number of hydrogen-bond donors (Lipinski definition) is 3. The number of urea groups is 1. The number of aryl methyl sites for hydroxylation is 1. The molecule has 0 radical (unpaired) electrons. The standard InChI is InChI=1S/C27H34ClN7O3/c1-15-9-18(24(36)33-31-15)16-5-7-34(8-6-16)26(38)30-22-11-17-10-21(28)23-19(12-29-32-23)20(17)13-35(25(22)37)14-27(2,3)4/h9-10,12,16,22H,5-8,11,13-14H2,1-4H3,(H,29,32)(H,30,38)(H,33,36)/t22-/m0/s1. The summed E-state index contributed by atoms with van der Waals surface area (Å²) in [5.74, 6) is -0.0383. The van der Waals surface area contributed by atoms with Crippen molar-refractivity contribution in [3.05, 3.63) is 56.1 Å². The third kappa shape index (κ3) is 5.27. The van der Waals surface area contributed by atoms with E-state index in [2.05, 4.69) is 46.5 Å². The van der Waals surface area contributed by atoms with Gasteiger partial charge in [-0.05, 0) is 54.4 Å². The molecule has 0 unspecified atom stereocenters. The second kappa shape index (κ2) is 10.1. The van der Waals surface area contributed by atoms with Gasteiger partial charge in [-0.25, -0.2) is 9.89 Å². The second-order valence-electron chi connectivity index (χ2n) is 11.7. The number of carbonyl (C=O) groups is 2. The Balaban J connectivity index is 1.35. The molecule has 4 heterocycles. The van der Waals surface area contributed by atoms with E-state index in [1.54, 1.807) is 11.1 Å². The van der Waals surface area contributed by atoms with Gasteiger partial charge in [0.15, 0.2) is 0 Å². The van der Waals surface area contributed by atoms with Crippen LogP contribution in [0.25, 0.3) is 10.9 Å². The van der Waals surface area contributed by atoms with E-state index >= 15 is 0 Å². The summed E-state index contributed by atoms with van der Waals surface area (Å²) in [6.07, 6.45) is 3.44. The van der Waals surface area contributed by atoms with Crippen LogP contribution < -0.4 is 10.9 Å². The Bertz CT molecular complexity index is 1430. The molecule has 2 aliphatic heterocycles. The number of rotatable bonds is 3. The van der Waals surface area contributed by atoms with Crippen molar-refractivity contribution in [1.29, 1.82) is 0 Å². The van der Waals surface area contributed by atoms with Gasteiger partial charge in [0.2, 0.25) is 5.91 Å². The van der Waals surface area contributed by atoms with E-state index in [4.69, 9.17) is 11.6 Å². The Hall–Kier alpha value is -3.40. The number of halogens is 1. The zero-order chi connectivity index (χ0) is 27.2. The van der Waals surface area contributed by atoms with E-state index in [1.165, 1.54) is 0 Å². The maximum Gasteiger partial charge on any atom is 0.318 e. The number of fused-ring (bicyclic) bond motifs is 3. The first kappa shape index (κ1) is 26.2. The van der Waals surface area contributed by atoms with E-state index in [1.807, 2.05) is 24.0 Å². The molecule has 1 fully saturated rings. The van der Waals surface area contributed by atoms with Crippen LogP contribution in [0.15, 0.2) is 23.1 Å². The SMILES string of the molecule is Cc1cc(C2CCN(C(=O)N[C@H]3Cc4cc(Cl)c5[nH]ncc5c4CN(CC(C)(C)C)C3=O)CC2)c(=O)[nH]n1. The van der Waals surface area contributed by atoms with Crippen molar-refractivity contribution in [3.8, 4) is 0 Å². The predicted molar refractivity (Wildman–Crippen MR) is 145 cm³/mol. The van der Waals surface area contributed by atoms with Crippen LogP contribution in [0.3, 0.4) is 0 Å². The minimum Gasteiger partial charge on any atom is -0.336 e. The summed E-state index contributed by atoms with van der Waals surface area (Å²) in [4.78, 5) is 43.0. The van der Waals surface area contributed by atoms with Crippen molar-refractivity contribution in [1.82, 2.24) is 35.5 Å². The van der Waals surface area contributed by atoms with Gasteiger partial charge in [0, 0.05) is 43.5 Å². The van der Waals surface area contributed by atoms with E-state index in [0.717, 1.165) is 27.7 Å². The first-order valence-corrected chi connectivity index (χ1v) is 13.4. The Morgan fingerprint density at radius 2 is 1.92 bits per heavy atom. The smallest absolute Gasteiger partial charge is 0.318 e. The van der Waals surface area contributed by atoms with Gasteiger partial charge in [-0.1, -0.05) is 32.4 Å². The first-order valence-electron chi connectivity index (χ1n) is 13.0. The second-order valence-corrected chi connectivity index (χ2v) is 12.1. The third-order valence-corrected chi connectivity index (χ3v) is 7.72. The molecule has 3 N–H and O–H groups in total. The zero-order valence-corrected chi connectivity index (χ0v) is 23.0. The van der Waals surface area contributed by atoms with E-state index in [0.29, 0.717) is 56.0 Å². The highest BCUT2D eigenvalue weighted by Gasteiger charge is 2.35. The molecular formula is C27H34ClN7O3. The van der Waals surface area contributed by atoms with Crippen LogP contribution in [0.1, 0.15) is 61.9 Å². The number of aromatic amines is 2. The van der Waals surface area contributed by atoms with Crippen LogP contribution >= 0.6 is 11.6 Å². The van der Waals surface area contributed by atoms with E-state index in [-0.39, 0.29) is 28.8 Å². The third-order valence-electron chi connectivity index (χ3n) is 7.42. The van der Waals surface area contributed by atoms with Crippen molar-refractivity contribution in [3.63, 3.8) is 0 Å². The Morgan fingerprint density at radius 1 is 1.18 bits per heavy atom. The van der Waals surface area contributed by atoms with Crippen LogP contribution in [-0.4, -0.2) is 67.8 Å². The molecule has 0 aliphatic carbocycles. The highest BCUT2D eigenvalue weighted by Crippen LogP contribution is 2.33. The monoisotopic (exact) mass is 539 g/mol. The number of benzene rings is 1. The maximum atomic E-state index is 13.8. The Kier molecular flexibility index (Phi) is 6.94. The average Bonchev–Trinajstić information content (AvgIpc) is 3.32. The molecule has 0 bridgehead atoms. The molecule has 38 heavy (non-hydrogen) atoms. The molecule has 11 heteroatoms. The van der Waals surface area contributed by atoms with Gasteiger partial charge in [0.25, 0.3) is 5.56 Å². The molecule has 202 valence electrons. The number of carbonyl (C=O) groups excluding carboxylic acids is 2. The van der Waals surface area contributed by atoms with Crippen molar-refractivity contribution in [2.75, 3.05) is 19.6 Å². The summed E-state index contributed by atoms with van der Waals surface area (Å²) in [6, 6.07) is 2.72. The molecule has 1 atom stereocenters. The summed E-state index contributed by atoms with van der Waals surface area (Å²) in [7, 11) is 0. The molecule has 2 aromatic heterocycles. The number of hydrogen-bond acceptors (Lipinski definition) is 5. The maximum absolute atomic E-state index is 13.8. The van der Waals surface area contributed by atoms with Crippen molar-refractivity contribution >= 4 is 34.4 Å². The first-order chi connectivity index (χ1) is 18.0. The summed E-state index contributed by atoms with van der Waals surface area (Å²) in [6.45, 7) is 10.1. The summed E-state index contributed by atoms with van der Waals surface area (Å²) in [5, 5.41) is 18.1.